The van der Waals surface area contributed by atoms with Crippen molar-refractivity contribution < 1.29 is 0 Å². The molecule has 0 aromatic heterocycles. The molecule has 0 saturated heterocycles. The van der Waals surface area contributed by atoms with Crippen molar-refractivity contribution in [3.63, 3.8) is 0 Å². The minimum Gasteiger partial charge on any atom is -0.0775 e. The highest BCUT2D eigenvalue weighted by Crippen LogP contribution is 2.40. The standard InChI is InChI=1S/C19H28Si/c1-14-8-9-15(2)18(12-14)19(3,4)16-10-11-17(13-16)20(5,6)7/h8-13,16H,1-7H3. The van der Waals surface area contributed by atoms with Gasteiger partial charge in [0.05, 0.1) is 8.07 Å². The van der Waals surface area contributed by atoms with Gasteiger partial charge in [0.15, 0.2) is 0 Å². The minimum absolute atomic E-state index is 0.161. The van der Waals surface area contributed by atoms with Gasteiger partial charge in [0.1, 0.15) is 0 Å². The molecule has 0 saturated carbocycles. The van der Waals surface area contributed by atoms with Crippen LogP contribution in [-0.4, -0.2) is 8.07 Å². The third-order valence-corrected chi connectivity index (χ3v) is 6.69. The number of hydrogen-bond donors (Lipinski definition) is 0. The van der Waals surface area contributed by atoms with Crippen molar-refractivity contribution in [3.05, 3.63) is 58.3 Å². The number of benzene rings is 1. The van der Waals surface area contributed by atoms with Crippen LogP contribution in [0.2, 0.25) is 19.6 Å². The first-order valence-electron chi connectivity index (χ1n) is 7.60. The number of aryl methyl sites for hydroxylation is 2. The van der Waals surface area contributed by atoms with Gasteiger partial charge in [-0.1, -0.05) is 80.7 Å². The molecule has 0 bridgehead atoms. The molecule has 2 rings (SSSR count). The Morgan fingerprint density at radius 2 is 1.70 bits per heavy atom. The summed E-state index contributed by atoms with van der Waals surface area (Å²) in [6.45, 7) is 16.5. The second kappa shape index (κ2) is 5.03. The maximum absolute atomic E-state index is 2.52. The van der Waals surface area contributed by atoms with Gasteiger partial charge >= 0.3 is 0 Å². The Balaban J connectivity index is 2.40. The smallest absolute Gasteiger partial charge is 0.0771 e. The molecule has 0 spiro atoms. The van der Waals surface area contributed by atoms with Crippen molar-refractivity contribution in [1.82, 2.24) is 0 Å². The van der Waals surface area contributed by atoms with E-state index in [1.54, 1.807) is 5.20 Å². The normalized spacial score (nSPS) is 19.4. The van der Waals surface area contributed by atoms with Gasteiger partial charge in [-0.3, -0.25) is 0 Å². The Kier molecular flexibility index (Phi) is 3.85. The van der Waals surface area contributed by atoms with E-state index in [4.69, 9.17) is 0 Å². The first-order valence-corrected chi connectivity index (χ1v) is 11.1. The number of hydrogen-bond acceptors (Lipinski definition) is 0. The van der Waals surface area contributed by atoms with Crippen molar-refractivity contribution in [3.8, 4) is 0 Å². The second-order valence-electron chi connectivity index (χ2n) is 7.80. The lowest BCUT2D eigenvalue weighted by Crippen LogP contribution is -2.27. The van der Waals surface area contributed by atoms with Crippen LogP contribution in [0.15, 0.2) is 41.6 Å². The number of allylic oxidation sites excluding steroid dienone is 4. The second-order valence-corrected chi connectivity index (χ2v) is 12.9. The summed E-state index contributed by atoms with van der Waals surface area (Å²) in [5.41, 5.74) is 4.41. The molecule has 1 aromatic rings. The van der Waals surface area contributed by atoms with Crippen LogP contribution < -0.4 is 0 Å². The van der Waals surface area contributed by atoms with Gasteiger partial charge in [-0.05, 0) is 30.4 Å². The Morgan fingerprint density at radius 3 is 2.25 bits per heavy atom. The van der Waals surface area contributed by atoms with Crippen LogP contribution in [0, 0.1) is 19.8 Å². The Hall–Kier alpha value is -1.08. The fraction of sp³-hybridized carbons (Fsp3) is 0.474. The molecule has 0 nitrogen and oxygen atoms in total. The molecule has 1 aliphatic rings. The fourth-order valence-corrected chi connectivity index (χ4v) is 4.35. The maximum atomic E-state index is 2.52. The lowest BCUT2D eigenvalue weighted by Gasteiger charge is -2.32. The van der Waals surface area contributed by atoms with E-state index in [9.17, 15) is 0 Å². The van der Waals surface area contributed by atoms with E-state index >= 15 is 0 Å². The van der Waals surface area contributed by atoms with E-state index in [0.29, 0.717) is 5.92 Å². The van der Waals surface area contributed by atoms with Crippen LogP contribution in [0.4, 0.5) is 0 Å². The van der Waals surface area contributed by atoms with Gasteiger partial charge in [0.2, 0.25) is 0 Å². The molecule has 0 radical (unpaired) electrons. The quantitative estimate of drug-likeness (QED) is 0.636. The summed E-state index contributed by atoms with van der Waals surface area (Å²) in [6, 6.07) is 6.83. The van der Waals surface area contributed by atoms with Gasteiger partial charge in [-0.15, -0.1) is 0 Å². The zero-order valence-corrected chi connectivity index (χ0v) is 15.0. The lowest BCUT2D eigenvalue weighted by atomic mass is 9.72. The van der Waals surface area contributed by atoms with Crippen LogP contribution in [0.5, 0.6) is 0 Å². The summed E-state index contributed by atoms with van der Waals surface area (Å²) in [6.07, 6.45) is 7.31. The van der Waals surface area contributed by atoms with Gasteiger partial charge < -0.3 is 0 Å². The van der Waals surface area contributed by atoms with Gasteiger partial charge in [-0.25, -0.2) is 0 Å². The van der Waals surface area contributed by atoms with Crippen LogP contribution >= 0.6 is 0 Å². The van der Waals surface area contributed by atoms with E-state index < -0.39 is 8.07 Å². The molecule has 0 heterocycles. The third-order valence-electron chi connectivity index (χ3n) is 4.63. The molecular weight excluding hydrogens is 256 g/mol. The van der Waals surface area contributed by atoms with Crippen molar-refractivity contribution in [2.45, 2.75) is 52.8 Å². The van der Waals surface area contributed by atoms with Gasteiger partial charge in [-0.2, -0.15) is 0 Å². The molecule has 1 atom stereocenters. The largest absolute Gasteiger partial charge is 0.0775 e. The highest BCUT2D eigenvalue weighted by molar-refractivity contribution is 6.83. The zero-order chi connectivity index (χ0) is 15.1. The highest BCUT2D eigenvalue weighted by Gasteiger charge is 2.33. The lowest BCUT2D eigenvalue weighted by molar-refractivity contribution is 0.445. The third kappa shape index (κ3) is 2.83. The predicted octanol–water partition coefficient (Wildman–Crippen LogP) is 5.57. The monoisotopic (exact) mass is 284 g/mol. The molecule has 0 N–H and O–H groups in total. The van der Waals surface area contributed by atoms with E-state index in [0.717, 1.165) is 0 Å². The Labute approximate surface area is 125 Å². The fourth-order valence-electron chi connectivity index (χ4n) is 3.07. The molecular formula is C19H28Si. The van der Waals surface area contributed by atoms with Crippen LogP contribution in [0.3, 0.4) is 0 Å². The summed E-state index contributed by atoms with van der Waals surface area (Å²) in [7, 11) is -1.20. The Morgan fingerprint density at radius 1 is 1.05 bits per heavy atom. The molecule has 0 fully saturated rings. The molecule has 1 aromatic carbocycles. The molecule has 0 aliphatic heterocycles. The zero-order valence-electron chi connectivity index (χ0n) is 14.0. The summed E-state index contributed by atoms with van der Waals surface area (Å²) in [5, 5.41) is 1.60. The van der Waals surface area contributed by atoms with Crippen molar-refractivity contribution >= 4 is 8.07 Å². The first kappa shape index (κ1) is 15.3. The molecule has 1 unspecified atom stereocenters. The maximum Gasteiger partial charge on any atom is 0.0771 e. The SMILES string of the molecule is Cc1ccc(C)c(C(C)(C)C2C=CC([Si](C)(C)C)=C2)c1. The van der Waals surface area contributed by atoms with Gasteiger partial charge in [0, 0.05) is 5.92 Å². The molecule has 20 heavy (non-hydrogen) atoms. The molecule has 1 heteroatoms. The van der Waals surface area contributed by atoms with Crippen LogP contribution in [0.25, 0.3) is 0 Å². The average Bonchev–Trinajstić information content (AvgIpc) is 2.82. The topological polar surface area (TPSA) is 0 Å². The predicted molar refractivity (Wildman–Crippen MR) is 93.0 cm³/mol. The van der Waals surface area contributed by atoms with Crippen molar-refractivity contribution in [2.75, 3.05) is 0 Å². The minimum atomic E-state index is -1.20. The summed E-state index contributed by atoms with van der Waals surface area (Å²) in [4.78, 5) is 0. The van der Waals surface area contributed by atoms with E-state index in [-0.39, 0.29) is 5.41 Å². The van der Waals surface area contributed by atoms with E-state index in [2.05, 4.69) is 83.8 Å². The highest BCUT2D eigenvalue weighted by atomic mass is 28.3. The Bertz CT molecular complexity index is 568. The molecule has 1 aliphatic carbocycles. The van der Waals surface area contributed by atoms with Crippen molar-refractivity contribution in [1.29, 1.82) is 0 Å². The summed E-state index contributed by atoms with van der Waals surface area (Å²) in [5.74, 6) is 0.518. The summed E-state index contributed by atoms with van der Waals surface area (Å²) >= 11 is 0. The number of rotatable bonds is 3. The van der Waals surface area contributed by atoms with Crippen LogP contribution in [-0.2, 0) is 5.41 Å². The first-order chi connectivity index (χ1) is 9.12. The molecule has 0 amide bonds. The van der Waals surface area contributed by atoms with E-state index in [1.165, 1.54) is 16.7 Å². The van der Waals surface area contributed by atoms with E-state index in [1.807, 2.05) is 0 Å². The van der Waals surface area contributed by atoms with Gasteiger partial charge in [0.25, 0.3) is 0 Å². The summed E-state index contributed by atoms with van der Waals surface area (Å²) < 4.78 is 0. The average molecular weight is 285 g/mol. The van der Waals surface area contributed by atoms with Crippen molar-refractivity contribution in [2.24, 2.45) is 5.92 Å². The molecule has 108 valence electrons. The van der Waals surface area contributed by atoms with Crippen LogP contribution in [0.1, 0.15) is 30.5 Å².